The molecule has 1 saturated heterocycles. The predicted molar refractivity (Wildman–Crippen MR) is 142 cm³/mol. The minimum atomic E-state index is -0.841. The van der Waals surface area contributed by atoms with Crippen molar-refractivity contribution in [3.05, 3.63) is 70.8 Å². The summed E-state index contributed by atoms with van der Waals surface area (Å²) in [6.07, 6.45) is 10.6. The van der Waals surface area contributed by atoms with Gasteiger partial charge in [-0.15, -0.1) is 5.10 Å². The minimum absolute atomic E-state index is 0.0573. The molecule has 0 radical (unpaired) electrons. The van der Waals surface area contributed by atoms with Gasteiger partial charge in [0.2, 0.25) is 11.9 Å². The molecule has 40 heavy (non-hydrogen) atoms. The summed E-state index contributed by atoms with van der Waals surface area (Å²) in [7, 11) is 0. The summed E-state index contributed by atoms with van der Waals surface area (Å²) < 4.78 is 27.0. The zero-order chi connectivity index (χ0) is 28.4. The number of nitrogens with zero attached hydrogens (tertiary/aromatic N) is 6. The van der Waals surface area contributed by atoms with Gasteiger partial charge in [-0.3, -0.25) is 4.79 Å². The van der Waals surface area contributed by atoms with E-state index in [1.54, 1.807) is 29.6 Å². The molecule has 2 aromatic heterocycles. The zero-order valence-electron chi connectivity index (χ0n) is 22.6. The number of carbonyl (C=O) groups excluding carboxylic acids is 2. The van der Waals surface area contributed by atoms with E-state index in [1.165, 1.54) is 18.2 Å². The Morgan fingerprint density at radius 2 is 1.82 bits per heavy atom. The number of aromatic nitrogens is 5. The van der Waals surface area contributed by atoms with E-state index in [1.807, 2.05) is 20.8 Å². The largest absolute Gasteiger partial charge is 0.351 e. The van der Waals surface area contributed by atoms with E-state index in [4.69, 9.17) is 4.84 Å². The molecular formula is C28H31F2N7O3. The molecule has 1 aromatic carbocycles. The van der Waals surface area contributed by atoms with Crippen molar-refractivity contribution in [3.8, 4) is 0 Å². The molecule has 1 unspecified atom stereocenters. The van der Waals surface area contributed by atoms with Crippen molar-refractivity contribution in [3.63, 3.8) is 0 Å². The minimum Gasteiger partial charge on any atom is -0.351 e. The summed E-state index contributed by atoms with van der Waals surface area (Å²) in [6, 6.07) is 2.43. The molecule has 10 nitrogen and oxygen atoms in total. The van der Waals surface area contributed by atoms with E-state index in [9.17, 15) is 18.4 Å². The maximum Gasteiger partial charge on any atom is 0.337 e. The van der Waals surface area contributed by atoms with E-state index in [2.05, 4.69) is 25.6 Å². The second kappa shape index (κ2) is 11.1. The first-order valence-electron chi connectivity index (χ1n) is 13.3. The molecule has 1 fully saturated rings. The molecule has 0 spiro atoms. The lowest BCUT2D eigenvalue weighted by Gasteiger charge is -2.46. The number of likely N-dealkylation sites (tertiary alicyclic amines) is 1. The highest BCUT2D eigenvalue weighted by atomic mass is 19.2. The molecule has 0 bridgehead atoms. The van der Waals surface area contributed by atoms with Crippen LogP contribution in [0.25, 0.3) is 6.08 Å². The molecule has 2 aliphatic rings. The van der Waals surface area contributed by atoms with Crippen LogP contribution in [0.4, 0.5) is 14.7 Å². The molecule has 5 rings (SSSR count). The van der Waals surface area contributed by atoms with Gasteiger partial charge in [-0.05, 0) is 53.8 Å². The number of amides is 1. The summed E-state index contributed by atoms with van der Waals surface area (Å²) in [6.45, 7) is 6.70. The molecule has 1 atom stereocenters. The quantitative estimate of drug-likeness (QED) is 0.319. The average molecular weight is 552 g/mol. The summed E-state index contributed by atoms with van der Waals surface area (Å²) in [4.78, 5) is 41.5. The Hall–Kier alpha value is -4.22. The number of fused-ring (bicyclic) bond motifs is 1. The van der Waals surface area contributed by atoms with Crippen LogP contribution in [0.15, 0.2) is 36.8 Å². The molecule has 1 N–H and O–H groups in total. The highest BCUT2D eigenvalue weighted by Gasteiger charge is 2.44. The normalized spacial score (nSPS) is 17.0. The van der Waals surface area contributed by atoms with Crippen molar-refractivity contribution in [2.45, 2.75) is 57.9 Å². The smallest absolute Gasteiger partial charge is 0.337 e. The van der Waals surface area contributed by atoms with Crippen LogP contribution < -0.4 is 10.2 Å². The van der Waals surface area contributed by atoms with Crippen molar-refractivity contribution in [1.82, 2.24) is 30.0 Å². The number of benzene rings is 1. The number of carbonyl (C=O) groups is 2. The van der Waals surface area contributed by atoms with Gasteiger partial charge in [-0.2, -0.15) is 0 Å². The van der Waals surface area contributed by atoms with Gasteiger partial charge >= 0.3 is 5.97 Å². The molecule has 0 saturated carbocycles. The maximum atomic E-state index is 13.5. The topological polar surface area (TPSA) is 115 Å². The van der Waals surface area contributed by atoms with Gasteiger partial charge in [0.25, 0.3) is 0 Å². The molecule has 210 valence electrons. The average Bonchev–Trinajstić information content (AvgIpc) is 3.53. The third-order valence-corrected chi connectivity index (χ3v) is 7.39. The fourth-order valence-electron chi connectivity index (χ4n) is 5.09. The molecular weight excluding hydrogens is 520 g/mol. The molecule has 1 amide bonds. The lowest BCUT2D eigenvalue weighted by Crippen LogP contribution is -2.59. The first-order valence-corrected chi connectivity index (χ1v) is 13.3. The van der Waals surface area contributed by atoms with E-state index >= 15 is 0 Å². The fraction of sp³-hybridized carbons (Fsp3) is 0.429. The third kappa shape index (κ3) is 5.85. The molecule has 3 aromatic rings. The summed E-state index contributed by atoms with van der Waals surface area (Å²) in [5.41, 5.74) is 2.47. The monoisotopic (exact) mass is 551 g/mol. The van der Waals surface area contributed by atoms with E-state index < -0.39 is 17.0 Å². The SMILES string of the molecule is CCCC(C)C(=O)On1cc(C2(C)CN(C(=O)/C=C/c3cnc(NC4Cc5cc(F)c(F)cc5C4)nc3)C2)nn1. The van der Waals surface area contributed by atoms with Crippen molar-refractivity contribution >= 4 is 23.9 Å². The van der Waals surface area contributed by atoms with Crippen molar-refractivity contribution in [1.29, 1.82) is 0 Å². The second-order valence-corrected chi connectivity index (χ2v) is 10.8. The van der Waals surface area contributed by atoms with Gasteiger partial charge in [0, 0.05) is 48.6 Å². The van der Waals surface area contributed by atoms with Gasteiger partial charge in [0.1, 0.15) is 0 Å². The Balaban J connectivity index is 1.10. The van der Waals surface area contributed by atoms with Gasteiger partial charge in [0.05, 0.1) is 17.8 Å². The number of anilines is 1. The Morgan fingerprint density at radius 1 is 1.18 bits per heavy atom. The van der Waals surface area contributed by atoms with Crippen LogP contribution in [0, 0.1) is 17.6 Å². The standard InChI is InChI=1S/C28H31F2N7O3/c1-4-5-17(2)26(39)40-37-14-24(34-35-37)28(3)15-36(16-28)25(38)7-6-18-12-31-27(32-13-18)33-21-8-19-10-22(29)23(30)11-20(19)9-21/h6-7,10-14,17,21H,4-5,8-9,15-16H2,1-3H3,(H,31,32,33)/b7-6+. The summed E-state index contributed by atoms with van der Waals surface area (Å²) in [5, 5.41) is 11.2. The highest BCUT2D eigenvalue weighted by Crippen LogP contribution is 2.33. The van der Waals surface area contributed by atoms with Gasteiger partial charge in [-0.1, -0.05) is 32.0 Å². The number of hydrogen-bond acceptors (Lipinski definition) is 8. The van der Waals surface area contributed by atoms with Crippen LogP contribution in [0.3, 0.4) is 0 Å². The van der Waals surface area contributed by atoms with E-state index in [-0.39, 0.29) is 23.8 Å². The van der Waals surface area contributed by atoms with Gasteiger partial charge in [0.15, 0.2) is 11.6 Å². The molecule has 12 heteroatoms. The number of rotatable bonds is 9. The summed E-state index contributed by atoms with van der Waals surface area (Å²) in [5.74, 6) is -2.02. The van der Waals surface area contributed by atoms with Crippen molar-refractivity contribution < 1.29 is 23.2 Å². The fourth-order valence-corrected chi connectivity index (χ4v) is 5.09. The van der Waals surface area contributed by atoms with Crippen LogP contribution in [-0.2, 0) is 27.8 Å². The Bertz CT molecular complexity index is 1400. The van der Waals surface area contributed by atoms with E-state index in [0.717, 1.165) is 28.8 Å². The van der Waals surface area contributed by atoms with Gasteiger partial charge < -0.3 is 15.1 Å². The molecule has 1 aliphatic carbocycles. The van der Waals surface area contributed by atoms with Crippen LogP contribution in [-0.4, -0.2) is 61.0 Å². The predicted octanol–water partition coefficient (Wildman–Crippen LogP) is 3.13. The first-order chi connectivity index (χ1) is 19.1. The van der Waals surface area contributed by atoms with Crippen LogP contribution in [0.1, 0.15) is 56.0 Å². The van der Waals surface area contributed by atoms with Crippen molar-refractivity contribution in [2.75, 3.05) is 18.4 Å². The number of nitrogens with one attached hydrogen (secondary N) is 1. The Morgan fingerprint density at radius 3 is 2.45 bits per heavy atom. The first kappa shape index (κ1) is 27.4. The van der Waals surface area contributed by atoms with Crippen LogP contribution in [0.2, 0.25) is 0 Å². The highest BCUT2D eigenvalue weighted by molar-refractivity contribution is 5.92. The van der Waals surface area contributed by atoms with Crippen LogP contribution >= 0.6 is 0 Å². The lowest BCUT2D eigenvalue weighted by molar-refractivity contribution is -0.150. The molecule has 3 heterocycles. The lowest BCUT2D eigenvalue weighted by atomic mass is 9.79. The Kier molecular flexibility index (Phi) is 7.59. The third-order valence-electron chi connectivity index (χ3n) is 7.39. The van der Waals surface area contributed by atoms with Gasteiger partial charge in [-0.25, -0.2) is 23.5 Å². The van der Waals surface area contributed by atoms with Crippen molar-refractivity contribution in [2.24, 2.45) is 5.92 Å². The van der Waals surface area contributed by atoms with Crippen LogP contribution in [0.5, 0.6) is 0 Å². The Labute approximate surface area is 230 Å². The number of halogens is 2. The number of hydrogen-bond donors (Lipinski definition) is 1. The second-order valence-electron chi connectivity index (χ2n) is 10.8. The summed E-state index contributed by atoms with van der Waals surface area (Å²) >= 11 is 0. The zero-order valence-corrected chi connectivity index (χ0v) is 22.6. The molecule has 1 aliphatic heterocycles. The maximum absolute atomic E-state index is 13.5. The van der Waals surface area contributed by atoms with E-state index in [0.29, 0.717) is 43.1 Å².